The number of nitrogens with one attached hydrogen (secondary N) is 1. The second-order valence-electron chi connectivity index (χ2n) is 4.59. The first-order chi connectivity index (χ1) is 9.72. The number of hydrogen-bond acceptors (Lipinski definition) is 5. The number of benzene rings is 1. The molecule has 2 aromatic rings. The molecule has 0 aliphatic rings. The molecule has 0 aliphatic heterocycles. The molecule has 0 saturated carbocycles. The Morgan fingerprint density at radius 3 is 2.60 bits per heavy atom. The second-order valence-corrected chi connectivity index (χ2v) is 5.64. The summed E-state index contributed by atoms with van der Waals surface area (Å²) in [6, 6.07) is 9.03. The Bertz CT molecular complexity index is 524. The maximum absolute atomic E-state index is 5.10. The van der Waals surface area contributed by atoms with E-state index in [1.807, 2.05) is 6.92 Å². The lowest BCUT2D eigenvalue weighted by molar-refractivity contribution is 0.378. The number of nitrogens with zero attached hydrogens (tertiary/aromatic N) is 2. The average Bonchev–Trinajstić information content (AvgIpc) is 2.94. The Kier molecular flexibility index (Phi) is 5.61. The van der Waals surface area contributed by atoms with Crippen LogP contribution in [0.1, 0.15) is 44.1 Å². The summed E-state index contributed by atoms with van der Waals surface area (Å²) < 4.78 is 5.10. The minimum absolute atomic E-state index is 0.392. The maximum Gasteiger partial charge on any atom is 0.226 e. The van der Waals surface area contributed by atoms with Crippen LogP contribution in [0.5, 0.6) is 0 Å². The van der Waals surface area contributed by atoms with Gasteiger partial charge in [0.2, 0.25) is 5.89 Å². The van der Waals surface area contributed by atoms with E-state index in [1.165, 1.54) is 10.5 Å². The van der Waals surface area contributed by atoms with E-state index >= 15 is 0 Å². The molecular weight excluding hydrogens is 270 g/mol. The number of thioether (sulfide) groups is 1. The highest BCUT2D eigenvalue weighted by molar-refractivity contribution is 7.98. The first kappa shape index (κ1) is 15.1. The zero-order valence-corrected chi connectivity index (χ0v) is 13.0. The first-order valence-electron chi connectivity index (χ1n) is 7.00. The standard InChI is InChI=1S/C15H21N3OS/c1-4-15-17-14(18-19-15)10-20-13-8-6-12(7-9-13)11(3)16-5-2/h6-9,11,16H,4-5,10H2,1-3H3. The topological polar surface area (TPSA) is 51.0 Å². The van der Waals surface area contributed by atoms with Crippen molar-refractivity contribution in [3.05, 3.63) is 41.5 Å². The van der Waals surface area contributed by atoms with Gasteiger partial charge in [-0.15, -0.1) is 11.8 Å². The van der Waals surface area contributed by atoms with Gasteiger partial charge < -0.3 is 9.84 Å². The molecule has 4 nitrogen and oxygen atoms in total. The molecule has 0 aliphatic carbocycles. The summed E-state index contributed by atoms with van der Waals surface area (Å²) in [6.07, 6.45) is 0.786. The highest BCUT2D eigenvalue weighted by Crippen LogP contribution is 2.23. The van der Waals surface area contributed by atoms with Crippen molar-refractivity contribution in [3.63, 3.8) is 0 Å². The summed E-state index contributed by atoms with van der Waals surface area (Å²) in [7, 11) is 0. The predicted molar refractivity (Wildman–Crippen MR) is 81.8 cm³/mol. The molecule has 1 aromatic carbocycles. The SMILES string of the molecule is CCNC(C)c1ccc(SCc2noc(CC)n2)cc1. The minimum atomic E-state index is 0.392. The van der Waals surface area contributed by atoms with Crippen LogP contribution in [0, 0.1) is 0 Å². The molecule has 20 heavy (non-hydrogen) atoms. The van der Waals surface area contributed by atoms with Gasteiger partial charge in [-0.1, -0.05) is 31.1 Å². The average molecular weight is 291 g/mol. The zero-order chi connectivity index (χ0) is 14.4. The molecular formula is C15H21N3OS. The van der Waals surface area contributed by atoms with Crippen molar-refractivity contribution in [2.24, 2.45) is 0 Å². The summed E-state index contributed by atoms with van der Waals surface area (Å²) in [4.78, 5) is 5.53. The molecule has 1 unspecified atom stereocenters. The van der Waals surface area contributed by atoms with E-state index in [-0.39, 0.29) is 0 Å². The van der Waals surface area contributed by atoms with Crippen LogP contribution in [0.4, 0.5) is 0 Å². The summed E-state index contributed by atoms with van der Waals surface area (Å²) in [5.74, 6) is 2.21. The quantitative estimate of drug-likeness (QED) is 0.790. The molecule has 0 radical (unpaired) electrons. The third-order valence-corrected chi connectivity index (χ3v) is 4.08. The zero-order valence-electron chi connectivity index (χ0n) is 12.2. The molecule has 1 aromatic heterocycles. The molecule has 0 fully saturated rings. The number of rotatable bonds is 7. The largest absolute Gasteiger partial charge is 0.339 e. The summed E-state index contributed by atoms with van der Waals surface area (Å²) in [5.41, 5.74) is 1.31. The lowest BCUT2D eigenvalue weighted by Crippen LogP contribution is -2.17. The fourth-order valence-electron chi connectivity index (χ4n) is 1.92. The second kappa shape index (κ2) is 7.45. The molecule has 108 valence electrons. The Morgan fingerprint density at radius 1 is 1.25 bits per heavy atom. The fraction of sp³-hybridized carbons (Fsp3) is 0.467. The van der Waals surface area contributed by atoms with Crippen LogP contribution in [0.3, 0.4) is 0 Å². The van der Waals surface area contributed by atoms with Crippen molar-refractivity contribution in [2.45, 2.75) is 43.9 Å². The van der Waals surface area contributed by atoms with Gasteiger partial charge >= 0.3 is 0 Å². The lowest BCUT2D eigenvalue weighted by atomic mass is 10.1. The van der Waals surface area contributed by atoms with Crippen molar-refractivity contribution < 1.29 is 4.52 Å². The third-order valence-electron chi connectivity index (χ3n) is 3.07. The summed E-state index contributed by atoms with van der Waals surface area (Å²) in [5, 5.41) is 7.36. The predicted octanol–water partition coefficient (Wildman–Crippen LogP) is 3.59. The molecule has 0 amide bonds. The van der Waals surface area contributed by atoms with Crippen LogP contribution in [0.2, 0.25) is 0 Å². The van der Waals surface area contributed by atoms with Crippen molar-refractivity contribution in [3.8, 4) is 0 Å². The van der Waals surface area contributed by atoms with Crippen molar-refractivity contribution in [1.82, 2.24) is 15.5 Å². The van der Waals surface area contributed by atoms with E-state index in [0.717, 1.165) is 24.5 Å². The van der Waals surface area contributed by atoms with Gasteiger partial charge in [-0.25, -0.2) is 0 Å². The van der Waals surface area contributed by atoms with Gasteiger partial charge in [0.1, 0.15) is 0 Å². The smallest absolute Gasteiger partial charge is 0.226 e. The highest BCUT2D eigenvalue weighted by atomic mass is 32.2. The lowest BCUT2D eigenvalue weighted by Gasteiger charge is -2.12. The number of hydrogen-bond donors (Lipinski definition) is 1. The monoisotopic (exact) mass is 291 g/mol. The molecule has 0 spiro atoms. The third kappa shape index (κ3) is 4.08. The Hall–Kier alpha value is -1.33. The Morgan fingerprint density at radius 2 is 2.00 bits per heavy atom. The van der Waals surface area contributed by atoms with Crippen LogP contribution < -0.4 is 5.32 Å². The van der Waals surface area contributed by atoms with Gasteiger partial charge in [0.05, 0.1) is 5.75 Å². The van der Waals surface area contributed by atoms with Gasteiger partial charge in [0.15, 0.2) is 5.82 Å². The molecule has 1 atom stereocenters. The molecule has 0 saturated heterocycles. The van der Waals surface area contributed by atoms with Gasteiger partial charge in [0.25, 0.3) is 0 Å². The van der Waals surface area contributed by atoms with Crippen LogP contribution in [-0.4, -0.2) is 16.7 Å². The van der Waals surface area contributed by atoms with Crippen molar-refractivity contribution >= 4 is 11.8 Å². The van der Waals surface area contributed by atoms with Crippen LogP contribution in [-0.2, 0) is 12.2 Å². The van der Waals surface area contributed by atoms with Crippen LogP contribution >= 0.6 is 11.8 Å². The Balaban J connectivity index is 1.90. The first-order valence-corrected chi connectivity index (χ1v) is 7.99. The molecule has 1 heterocycles. The van der Waals surface area contributed by atoms with Crippen molar-refractivity contribution in [2.75, 3.05) is 6.54 Å². The van der Waals surface area contributed by atoms with E-state index in [0.29, 0.717) is 11.9 Å². The normalized spacial score (nSPS) is 12.6. The van der Waals surface area contributed by atoms with E-state index < -0.39 is 0 Å². The summed E-state index contributed by atoms with van der Waals surface area (Å²) in [6.45, 7) is 7.29. The minimum Gasteiger partial charge on any atom is -0.339 e. The fourth-order valence-corrected chi connectivity index (χ4v) is 2.66. The molecule has 5 heteroatoms. The van der Waals surface area contributed by atoms with Crippen molar-refractivity contribution in [1.29, 1.82) is 0 Å². The van der Waals surface area contributed by atoms with E-state index in [2.05, 4.69) is 53.6 Å². The van der Waals surface area contributed by atoms with Gasteiger partial charge in [0, 0.05) is 17.4 Å². The van der Waals surface area contributed by atoms with Crippen LogP contribution in [0.25, 0.3) is 0 Å². The van der Waals surface area contributed by atoms with Gasteiger partial charge in [-0.3, -0.25) is 0 Å². The van der Waals surface area contributed by atoms with E-state index in [1.54, 1.807) is 11.8 Å². The van der Waals surface area contributed by atoms with Crippen LogP contribution in [0.15, 0.2) is 33.7 Å². The summed E-state index contributed by atoms with van der Waals surface area (Å²) >= 11 is 1.73. The van der Waals surface area contributed by atoms with Gasteiger partial charge in [-0.2, -0.15) is 4.98 Å². The van der Waals surface area contributed by atoms with Gasteiger partial charge in [-0.05, 0) is 31.2 Å². The number of aromatic nitrogens is 2. The molecule has 0 bridgehead atoms. The maximum atomic E-state index is 5.10. The highest BCUT2D eigenvalue weighted by Gasteiger charge is 2.06. The number of aryl methyl sites for hydroxylation is 1. The molecule has 1 N–H and O–H groups in total. The van der Waals surface area contributed by atoms with E-state index in [9.17, 15) is 0 Å². The molecule has 2 rings (SSSR count). The Labute approximate surface area is 124 Å². The van der Waals surface area contributed by atoms with E-state index in [4.69, 9.17) is 4.52 Å².